The average molecular weight is 431 g/mol. The zero-order valence-corrected chi connectivity index (χ0v) is 18.0. The van der Waals surface area contributed by atoms with Gasteiger partial charge in [0.1, 0.15) is 11.4 Å². The van der Waals surface area contributed by atoms with Gasteiger partial charge in [0.05, 0.1) is 29.4 Å². The molecule has 2 aliphatic rings. The summed E-state index contributed by atoms with van der Waals surface area (Å²) in [6, 6.07) is 11.6. The lowest BCUT2D eigenvalue weighted by Gasteiger charge is -2.32. The number of fused-ring (bicyclic) bond motifs is 1. The molecule has 0 aromatic heterocycles. The predicted molar refractivity (Wildman–Crippen MR) is 113 cm³/mol. The van der Waals surface area contributed by atoms with Gasteiger partial charge in [-0.2, -0.15) is 0 Å². The minimum atomic E-state index is -3.86. The number of anilines is 1. The van der Waals surface area contributed by atoms with E-state index in [2.05, 4.69) is 4.72 Å². The van der Waals surface area contributed by atoms with Crippen LogP contribution < -0.4 is 9.46 Å². The van der Waals surface area contributed by atoms with Crippen LogP contribution in [0, 0.1) is 0 Å². The van der Waals surface area contributed by atoms with E-state index >= 15 is 0 Å². The number of carbonyl (C=O) groups is 1. The molecule has 2 heterocycles. The van der Waals surface area contributed by atoms with Gasteiger partial charge in [0.15, 0.2) is 0 Å². The van der Waals surface area contributed by atoms with E-state index in [-0.39, 0.29) is 22.1 Å². The number of carbonyl (C=O) groups excluding carboxylic acids is 1. The fourth-order valence-corrected chi connectivity index (χ4v) is 4.83. The third-order valence-corrected chi connectivity index (χ3v) is 6.79. The zero-order chi connectivity index (χ0) is 21.4. The molecule has 0 saturated carbocycles. The van der Waals surface area contributed by atoms with Gasteiger partial charge in [-0.1, -0.05) is 12.1 Å². The number of aryl methyl sites for hydroxylation is 1. The maximum absolute atomic E-state index is 13.1. The lowest BCUT2D eigenvalue weighted by molar-refractivity contribution is 0.0303. The summed E-state index contributed by atoms with van der Waals surface area (Å²) in [5.74, 6) is 0.505. The van der Waals surface area contributed by atoms with Crippen molar-refractivity contribution in [3.05, 3.63) is 53.6 Å². The number of amides is 1. The summed E-state index contributed by atoms with van der Waals surface area (Å²) >= 11 is 0. The Morgan fingerprint density at radius 3 is 2.60 bits per heavy atom. The molecule has 1 N–H and O–H groups in total. The molecule has 0 bridgehead atoms. The Morgan fingerprint density at radius 2 is 1.83 bits per heavy atom. The number of ether oxygens (including phenoxy) is 2. The van der Waals surface area contributed by atoms with Crippen molar-refractivity contribution >= 4 is 21.6 Å². The number of hydrogen-bond acceptors (Lipinski definition) is 5. The molecule has 8 heteroatoms. The molecule has 1 saturated heterocycles. The van der Waals surface area contributed by atoms with E-state index in [4.69, 9.17) is 9.47 Å². The summed E-state index contributed by atoms with van der Waals surface area (Å²) in [6.45, 7) is 5.97. The first-order chi connectivity index (χ1) is 14.3. The van der Waals surface area contributed by atoms with Crippen LogP contribution in [0.2, 0.25) is 0 Å². The predicted octanol–water partition coefficient (Wildman–Crippen LogP) is 3.06. The van der Waals surface area contributed by atoms with Gasteiger partial charge in [0.2, 0.25) is 0 Å². The topological polar surface area (TPSA) is 84.9 Å². The summed E-state index contributed by atoms with van der Waals surface area (Å²) in [6.07, 6.45) is 1.56. The van der Waals surface area contributed by atoms with Crippen LogP contribution in [0.5, 0.6) is 5.75 Å². The summed E-state index contributed by atoms with van der Waals surface area (Å²) in [7, 11) is -3.86. The molecular weight excluding hydrogens is 404 g/mol. The second kappa shape index (κ2) is 7.92. The summed E-state index contributed by atoms with van der Waals surface area (Å²) in [5.41, 5.74) is 1.20. The largest absolute Gasteiger partial charge is 0.488 e. The van der Waals surface area contributed by atoms with Crippen molar-refractivity contribution in [3.63, 3.8) is 0 Å². The van der Waals surface area contributed by atoms with Crippen molar-refractivity contribution in [1.82, 2.24) is 4.90 Å². The number of para-hydroxylation sites is 1. The molecule has 160 valence electrons. The highest BCUT2D eigenvalue weighted by Gasteiger charge is 2.28. The number of morpholine rings is 1. The third-order valence-electron chi connectivity index (χ3n) is 5.42. The summed E-state index contributed by atoms with van der Waals surface area (Å²) in [4.78, 5) is 14.7. The van der Waals surface area contributed by atoms with E-state index in [1.54, 1.807) is 41.3 Å². The number of sulfonamides is 1. The number of rotatable bonds is 4. The number of nitrogens with zero attached hydrogens (tertiary/aromatic N) is 1. The smallest absolute Gasteiger partial charge is 0.261 e. The number of nitrogens with one attached hydrogen (secondary N) is 1. The fourth-order valence-electron chi connectivity index (χ4n) is 3.70. The minimum absolute atomic E-state index is 0.151. The van der Waals surface area contributed by atoms with Crippen molar-refractivity contribution in [1.29, 1.82) is 0 Å². The first-order valence-electron chi connectivity index (χ1n) is 10.1. The van der Waals surface area contributed by atoms with E-state index in [9.17, 15) is 13.2 Å². The summed E-state index contributed by atoms with van der Waals surface area (Å²) < 4.78 is 40.0. The third kappa shape index (κ3) is 4.29. The lowest BCUT2D eigenvalue weighted by Crippen LogP contribution is -2.41. The van der Waals surface area contributed by atoms with Gasteiger partial charge in [-0.3, -0.25) is 9.52 Å². The molecule has 0 aliphatic carbocycles. The van der Waals surface area contributed by atoms with Crippen LogP contribution in [0.15, 0.2) is 47.4 Å². The van der Waals surface area contributed by atoms with E-state index < -0.39 is 10.0 Å². The molecule has 2 aromatic carbocycles. The molecule has 7 nitrogen and oxygen atoms in total. The fraction of sp³-hybridized carbons (Fsp3) is 0.409. The highest BCUT2D eigenvalue weighted by molar-refractivity contribution is 7.92. The Hall–Kier alpha value is -2.58. The monoisotopic (exact) mass is 430 g/mol. The Morgan fingerprint density at radius 1 is 1.10 bits per heavy atom. The van der Waals surface area contributed by atoms with Crippen LogP contribution in [0.25, 0.3) is 0 Å². The molecule has 4 rings (SSSR count). The second-order valence-electron chi connectivity index (χ2n) is 8.19. The minimum Gasteiger partial charge on any atom is -0.488 e. The maximum Gasteiger partial charge on any atom is 0.261 e. The first kappa shape index (κ1) is 20.7. The quantitative estimate of drug-likeness (QED) is 0.806. The Kier molecular flexibility index (Phi) is 5.46. The molecule has 2 aromatic rings. The SMILES string of the molecule is CC1(C)CCc2cc(S(=O)(=O)Nc3ccccc3C(=O)N3CCOCC3)ccc2O1. The van der Waals surface area contributed by atoms with Crippen molar-refractivity contribution < 1.29 is 22.7 Å². The van der Waals surface area contributed by atoms with Crippen molar-refractivity contribution in [2.24, 2.45) is 0 Å². The molecule has 0 atom stereocenters. The van der Waals surface area contributed by atoms with Gasteiger partial charge in [-0.15, -0.1) is 0 Å². The van der Waals surface area contributed by atoms with Crippen LogP contribution in [0.3, 0.4) is 0 Å². The highest BCUT2D eigenvalue weighted by Crippen LogP contribution is 2.34. The highest BCUT2D eigenvalue weighted by atomic mass is 32.2. The van der Waals surface area contributed by atoms with Gasteiger partial charge < -0.3 is 14.4 Å². The normalized spacial score (nSPS) is 18.3. The van der Waals surface area contributed by atoms with Crippen molar-refractivity contribution in [2.75, 3.05) is 31.0 Å². The molecule has 30 heavy (non-hydrogen) atoms. The average Bonchev–Trinajstić information content (AvgIpc) is 2.73. The van der Waals surface area contributed by atoms with E-state index in [1.165, 1.54) is 6.07 Å². The van der Waals surface area contributed by atoms with Crippen LogP contribution in [-0.2, 0) is 21.2 Å². The van der Waals surface area contributed by atoms with E-state index in [0.717, 1.165) is 18.4 Å². The van der Waals surface area contributed by atoms with Crippen LogP contribution in [-0.4, -0.2) is 51.1 Å². The van der Waals surface area contributed by atoms with Crippen molar-refractivity contribution in [3.8, 4) is 5.75 Å². The van der Waals surface area contributed by atoms with Gasteiger partial charge in [0.25, 0.3) is 15.9 Å². The van der Waals surface area contributed by atoms with Gasteiger partial charge in [0, 0.05) is 13.1 Å². The van der Waals surface area contributed by atoms with Gasteiger partial charge in [-0.05, 0) is 62.6 Å². The Labute approximate surface area is 177 Å². The lowest BCUT2D eigenvalue weighted by atomic mass is 9.94. The molecular formula is C22H26N2O5S. The summed E-state index contributed by atoms with van der Waals surface area (Å²) in [5, 5.41) is 0. The first-order valence-corrected chi connectivity index (χ1v) is 11.5. The molecule has 2 aliphatic heterocycles. The van der Waals surface area contributed by atoms with E-state index in [1.807, 2.05) is 13.8 Å². The van der Waals surface area contributed by atoms with Crippen LogP contribution in [0.1, 0.15) is 36.2 Å². The maximum atomic E-state index is 13.1. The standard InChI is InChI=1S/C22H26N2O5S/c1-22(2)10-9-16-15-17(7-8-20(16)29-22)30(26,27)23-19-6-4-3-5-18(19)21(25)24-11-13-28-14-12-24/h3-8,15,23H,9-14H2,1-2H3. The second-order valence-corrected chi connectivity index (χ2v) is 9.87. The van der Waals surface area contributed by atoms with Gasteiger partial charge in [-0.25, -0.2) is 8.42 Å². The van der Waals surface area contributed by atoms with Crippen molar-refractivity contribution in [2.45, 2.75) is 37.2 Å². The van der Waals surface area contributed by atoms with Crippen LogP contribution in [0.4, 0.5) is 5.69 Å². The van der Waals surface area contributed by atoms with Gasteiger partial charge >= 0.3 is 0 Å². The Balaban J connectivity index is 1.59. The van der Waals surface area contributed by atoms with Crippen LogP contribution >= 0.6 is 0 Å². The van der Waals surface area contributed by atoms with E-state index in [0.29, 0.717) is 37.6 Å². The Bertz CT molecular complexity index is 1060. The molecule has 0 spiro atoms. The molecule has 0 unspecified atom stereocenters. The molecule has 0 radical (unpaired) electrons. The number of benzene rings is 2. The molecule has 1 fully saturated rings. The zero-order valence-electron chi connectivity index (χ0n) is 17.2. The molecule has 1 amide bonds. The number of hydrogen-bond donors (Lipinski definition) is 1.